The van der Waals surface area contributed by atoms with Crippen LogP contribution in [0.5, 0.6) is 0 Å². The number of hydrogen-bond donors (Lipinski definition) is 0. The maximum atomic E-state index is 11.0. The van der Waals surface area contributed by atoms with Crippen LogP contribution >= 0.6 is 11.3 Å². The number of Topliss-reactive ketones (excluding diaryl/α,β-unsaturated/α-hetero) is 1. The van der Waals surface area contributed by atoms with Crippen LogP contribution in [0.4, 0.5) is 0 Å². The summed E-state index contributed by atoms with van der Waals surface area (Å²) in [5.74, 6) is 0.0468. The molecule has 14 heavy (non-hydrogen) atoms. The van der Waals surface area contributed by atoms with E-state index < -0.39 is 0 Å². The Balaban J connectivity index is 2.38. The number of hydrogen-bond acceptors (Lipinski definition) is 4. The Labute approximate surface area is 85.2 Å². The fraction of sp³-hybridized carbons (Fsp3) is 0.222. The second kappa shape index (κ2) is 3.34. The van der Waals surface area contributed by atoms with Crippen molar-refractivity contribution in [3.8, 4) is 5.13 Å². The third kappa shape index (κ3) is 1.58. The van der Waals surface area contributed by atoms with Crippen molar-refractivity contribution in [2.45, 2.75) is 13.8 Å². The highest BCUT2D eigenvalue weighted by Crippen LogP contribution is 2.17. The number of thiazole rings is 1. The van der Waals surface area contributed by atoms with Crippen molar-refractivity contribution in [2.75, 3.05) is 0 Å². The predicted octanol–water partition coefficient (Wildman–Crippen LogP) is 1.84. The van der Waals surface area contributed by atoms with E-state index in [1.54, 1.807) is 12.5 Å². The molecule has 0 unspecified atom stereocenters. The molecule has 5 heteroatoms. The highest BCUT2D eigenvalue weighted by Gasteiger charge is 2.07. The Hall–Kier alpha value is -1.49. The molecule has 0 amide bonds. The van der Waals surface area contributed by atoms with Crippen LogP contribution in [0.1, 0.15) is 22.3 Å². The van der Waals surface area contributed by atoms with Crippen LogP contribution in [0.3, 0.4) is 0 Å². The lowest BCUT2D eigenvalue weighted by molar-refractivity contribution is 0.102. The molecule has 2 rings (SSSR count). The van der Waals surface area contributed by atoms with Gasteiger partial charge in [-0.25, -0.2) is 9.97 Å². The fourth-order valence-electron chi connectivity index (χ4n) is 1.07. The summed E-state index contributed by atoms with van der Waals surface area (Å²) in [6.07, 6.45) is 5.17. The molecule has 0 bridgehead atoms. The van der Waals surface area contributed by atoms with Gasteiger partial charge < -0.3 is 0 Å². The summed E-state index contributed by atoms with van der Waals surface area (Å²) in [7, 11) is 0. The first-order valence-electron chi connectivity index (χ1n) is 4.14. The van der Waals surface area contributed by atoms with E-state index in [9.17, 15) is 4.79 Å². The molecule has 0 spiro atoms. The summed E-state index contributed by atoms with van der Waals surface area (Å²) < 4.78 is 1.81. The van der Waals surface area contributed by atoms with Gasteiger partial charge >= 0.3 is 0 Å². The van der Waals surface area contributed by atoms with Gasteiger partial charge in [0.2, 0.25) is 0 Å². The van der Waals surface area contributed by atoms with Crippen LogP contribution in [-0.2, 0) is 0 Å². The molecule has 0 N–H and O–H groups in total. The molecule has 0 atom stereocenters. The summed E-state index contributed by atoms with van der Waals surface area (Å²) >= 11 is 1.37. The first kappa shape index (κ1) is 9.08. The van der Waals surface area contributed by atoms with E-state index in [2.05, 4.69) is 9.97 Å². The molecule has 2 aromatic heterocycles. The summed E-state index contributed by atoms with van der Waals surface area (Å²) in [5, 5.41) is 0.774. The van der Waals surface area contributed by atoms with E-state index in [0.717, 1.165) is 10.8 Å². The summed E-state index contributed by atoms with van der Waals surface area (Å²) in [4.78, 5) is 19.9. The minimum absolute atomic E-state index is 0.0468. The highest BCUT2D eigenvalue weighted by molar-refractivity contribution is 7.16. The summed E-state index contributed by atoms with van der Waals surface area (Å²) in [6, 6.07) is 0. The van der Waals surface area contributed by atoms with Crippen molar-refractivity contribution < 1.29 is 4.79 Å². The molecule has 0 radical (unpaired) electrons. The van der Waals surface area contributed by atoms with Crippen molar-refractivity contribution in [1.82, 2.24) is 14.5 Å². The first-order valence-corrected chi connectivity index (χ1v) is 4.96. The normalized spacial score (nSPS) is 10.4. The number of aryl methyl sites for hydroxylation is 1. The van der Waals surface area contributed by atoms with Crippen LogP contribution in [-0.4, -0.2) is 20.3 Å². The van der Waals surface area contributed by atoms with E-state index in [0.29, 0.717) is 4.88 Å². The molecule has 4 nitrogen and oxygen atoms in total. The molecular weight excluding hydrogens is 198 g/mol. The first-order chi connectivity index (χ1) is 6.66. The Kier molecular flexibility index (Phi) is 2.17. The summed E-state index contributed by atoms with van der Waals surface area (Å²) in [5.41, 5.74) is 0.935. The van der Waals surface area contributed by atoms with Gasteiger partial charge in [0, 0.05) is 13.1 Å². The molecule has 0 aromatic carbocycles. The standard InChI is InChI=1S/C9H9N3OS/c1-6-4-12(5-11-6)9-10-3-8(14-9)7(2)13/h3-5H,1-2H3. The van der Waals surface area contributed by atoms with Gasteiger partial charge in [-0.2, -0.15) is 0 Å². The minimum Gasteiger partial charge on any atom is -0.294 e. The van der Waals surface area contributed by atoms with Crippen LogP contribution in [0, 0.1) is 6.92 Å². The van der Waals surface area contributed by atoms with E-state index in [1.165, 1.54) is 18.3 Å². The van der Waals surface area contributed by atoms with E-state index in [1.807, 2.05) is 17.7 Å². The third-order valence-electron chi connectivity index (χ3n) is 1.77. The third-order valence-corrected chi connectivity index (χ3v) is 2.88. The largest absolute Gasteiger partial charge is 0.294 e. The second-order valence-corrected chi connectivity index (χ2v) is 3.99. The van der Waals surface area contributed by atoms with Crippen molar-refractivity contribution in [3.63, 3.8) is 0 Å². The van der Waals surface area contributed by atoms with Crippen molar-refractivity contribution >= 4 is 17.1 Å². The van der Waals surface area contributed by atoms with Crippen LogP contribution in [0.15, 0.2) is 18.7 Å². The van der Waals surface area contributed by atoms with Gasteiger partial charge in [-0.15, -0.1) is 0 Å². The lowest BCUT2D eigenvalue weighted by Crippen LogP contribution is -1.86. The molecule has 0 aliphatic heterocycles. The average Bonchev–Trinajstić information content (AvgIpc) is 2.70. The molecule has 0 saturated heterocycles. The van der Waals surface area contributed by atoms with E-state index in [-0.39, 0.29) is 5.78 Å². The fourth-order valence-corrected chi connectivity index (χ4v) is 1.83. The lowest BCUT2D eigenvalue weighted by Gasteiger charge is -1.91. The zero-order valence-electron chi connectivity index (χ0n) is 7.89. The van der Waals surface area contributed by atoms with Gasteiger partial charge in [0.15, 0.2) is 10.9 Å². The second-order valence-electron chi connectivity index (χ2n) is 2.99. The van der Waals surface area contributed by atoms with Crippen LogP contribution in [0.25, 0.3) is 5.13 Å². The molecule has 0 fully saturated rings. The molecule has 72 valence electrons. The summed E-state index contributed by atoms with van der Waals surface area (Å²) in [6.45, 7) is 3.45. The maximum Gasteiger partial charge on any atom is 0.195 e. The molecular formula is C9H9N3OS. The Morgan fingerprint density at radius 3 is 2.79 bits per heavy atom. The van der Waals surface area contributed by atoms with E-state index >= 15 is 0 Å². The maximum absolute atomic E-state index is 11.0. The van der Waals surface area contributed by atoms with Gasteiger partial charge in [0.05, 0.1) is 16.8 Å². The zero-order chi connectivity index (χ0) is 10.1. The number of aromatic nitrogens is 3. The number of rotatable bonds is 2. The van der Waals surface area contributed by atoms with Crippen molar-refractivity contribution in [2.24, 2.45) is 0 Å². The quantitative estimate of drug-likeness (QED) is 0.706. The SMILES string of the molecule is CC(=O)c1cnc(-n2cnc(C)c2)s1. The Bertz CT molecular complexity index is 472. The Morgan fingerprint density at radius 2 is 2.29 bits per heavy atom. The van der Waals surface area contributed by atoms with Crippen LogP contribution < -0.4 is 0 Å². The van der Waals surface area contributed by atoms with Gasteiger partial charge in [-0.1, -0.05) is 11.3 Å². The average molecular weight is 207 g/mol. The Morgan fingerprint density at radius 1 is 1.50 bits per heavy atom. The van der Waals surface area contributed by atoms with Crippen LogP contribution in [0.2, 0.25) is 0 Å². The highest BCUT2D eigenvalue weighted by atomic mass is 32.1. The number of nitrogens with zero attached hydrogens (tertiary/aromatic N) is 3. The van der Waals surface area contributed by atoms with Gasteiger partial charge in [0.1, 0.15) is 6.33 Å². The predicted molar refractivity (Wildman–Crippen MR) is 54.0 cm³/mol. The smallest absolute Gasteiger partial charge is 0.195 e. The number of carbonyl (C=O) groups is 1. The molecule has 0 aliphatic carbocycles. The van der Waals surface area contributed by atoms with Crippen molar-refractivity contribution in [3.05, 3.63) is 29.3 Å². The molecule has 2 heterocycles. The number of imidazole rings is 1. The molecule has 2 aromatic rings. The van der Waals surface area contributed by atoms with Gasteiger partial charge in [-0.05, 0) is 6.92 Å². The minimum atomic E-state index is 0.0468. The monoisotopic (exact) mass is 207 g/mol. The van der Waals surface area contributed by atoms with E-state index in [4.69, 9.17) is 0 Å². The lowest BCUT2D eigenvalue weighted by atomic mass is 10.4. The van der Waals surface area contributed by atoms with Gasteiger partial charge in [-0.3, -0.25) is 9.36 Å². The molecule has 0 saturated carbocycles. The van der Waals surface area contributed by atoms with Crippen molar-refractivity contribution in [1.29, 1.82) is 0 Å². The zero-order valence-corrected chi connectivity index (χ0v) is 8.71. The number of carbonyl (C=O) groups excluding carboxylic acids is 1. The molecule has 0 aliphatic rings. The topological polar surface area (TPSA) is 47.8 Å². The number of ketones is 1. The van der Waals surface area contributed by atoms with Gasteiger partial charge in [0.25, 0.3) is 0 Å².